The number of aliphatic hydroxyl groups is 2. The van der Waals surface area contributed by atoms with Crippen LogP contribution in [0.3, 0.4) is 0 Å². The predicted molar refractivity (Wildman–Crippen MR) is 119 cm³/mol. The fourth-order valence-corrected chi connectivity index (χ4v) is 3.96. The van der Waals surface area contributed by atoms with Crippen molar-refractivity contribution in [1.29, 1.82) is 0 Å². The Morgan fingerprint density at radius 2 is 1.84 bits per heavy atom. The van der Waals surface area contributed by atoms with Crippen molar-refractivity contribution in [2.75, 3.05) is 39.4 Å². The van der Waals surface area contributed by atoms with E-state index in [2.05, 4.69) is 9.98 Å². The summed E-state index contributed by atoms with van der Waals surface area (Å²) in [4.78, 5) is 12.6. The predicted octanol–water partition coefficient (Wildman–Crippen LogP) is 2.13. The molecule has 2 unspecified atom stereocenters. The lowest BCUT2D eigenvalue weighted by Crippen LogP contribution is -2.43. The van der Waals surface area contributed by atoms with Gasteiger partial charge in [-0.1, -0.05) is 12.1 Å². The second-order valence-electron chi connectivity index (χ2n) is 7.24. The first-order chi connectivity index (χ1) is 15.1. The van der Waals surface area contributed by atoms with E-state index in [1.54, 1.807) is 32.3 Å². The Balaban J connectivity index is 1.82. The van der Waals surface area contributed by atoms with Crippen LogP contribution < -0.4 is 14.5 Å². The van der Waals surface area contributed by atoms with Crippen LogP contribution in [0.1, 0.15) is 18.2 Å². The van der Waals surface area contributed by atoms with Crippen molar-refractivity contribution < 1.29 is 19.7 Å². The lowest BCUT2D eigenvalue weighted by atomic mass is 10.1. The monoisotopic (exact) mass is 425 g/mol. The third-order valence-corrected chi connectivity index (χ3v) is 5.41. The molecule has 1 aromatic heterocycles. The van der Waals surface area contributed by atoms with E-state index in [-0.39, 0.29) is 6.61 Å². The van der Waals surface area contributed by atoms with Crippen LogP contribution in [0.25, 0.3) is 11.0 Å². The van der Waals surface area contributed by atoms with E-state index in [0.29, 0.717) is 36.1 Å². The molecule has 0 saturated carbocycles. The standard InChI is InChI=1S/C22H27N5O4/c1-23-21-19(20-24-17-7-4-5-8-18(17)25-20)22(29)26(9-6-10-28)27(21)14-11-15(30-2)13-16(12-14)31-3/h4-5,7-8,11-13,19,22,28-29H,6,9-10H2,1-3H3,(H,24,25). The molecule has 9 nitrogen and oxygen atoms in total. The number of imidazole rings is 1. The van der Waals surface area contributed by atoms with E-state index in [1.807, 2.05) is 41.4 Å². The van der Waals surface area contributed by atoms with Crippen molar-refractivity contribution in [3.63, 3.8) is 0 Å². The second-order valence-corrected chi connectivity index (χ2v) is 7.24. The molecular weight excluding hydrogens is 398 g/mol. The fraction of sp³-hybridized carbons (Fsp3) is 0.364. The Labute approximate surface area is 180 Å². The minimum absolute atomic E-state index is 0.00635. The minimum Gasteiger partial charge on any atom is -0.497 e. The molecule has 2 aromatic carbocycles. The number of methoxy groups -OCH3 is 2. The van der Waals surface area contributed by atoms with Crippen LogP contribution in [0, 0.1) is 0 Å². The van der Waals surface area contributed by atoms with Crippen molar-refractivity contribution in [1.82, 2.24) is 15.0 Å². The number of amidine groups is 1. The lowest BCUT2D eigenvalue weighted by Gasteiger charge is -2.31. The number of hydrazine groups is 1. The van der Waals surface area contributed by atoms with Crippen LogP contribution in [0.15, 0.2) is 47.5 Å². The van der Waals surface area contributed by atoms with E-state index < -0.39 is 12.1 Å². The molecule has 0 spiro atoms. The zero-order valence-electron chi connectivity index (χ0n) is 17.8. The molecule has 0 amide bonds. The van der Waals surface area contributed by atoms with E-state index in [4.69, 9.17) is 14.5 Å². The summed E-state index contributed by atoms with van der Waals surface area (Å²) >= 11 is 0. The van der Waals surface area contributed by atoms with Gasteiger partial charge in [-0.2, -0.15) is 5.01 Å². The fourth-order valence-electron chi connectivity index (χ4n) is 3.96. The van der Waals surface area contributed by atoms with Gasteiger partial charge in [0.1, 0.15) is 35.3 Å². The van der Waals surface area contributed by atoms with Crippen LogP contribution in [0.4, 0.5) is 5.69 Å². The van der Waals surface area contributed by atoms with E-state index in [1.165, 1.54) is 0 Å². The van der Waals surface area contributed by atoms with E-state index in [0.717, 1.165) is 16.7 Å². The summed E-state index contributed by atoms with van der Waals surface area (Å²) in [5.41, 5.74) is 2.44. The molecule has 0 bridgehead atoms. The Morgan fingerprint density at radius 3 is 2.45 bits per heavy atom. The summed E-state index contributed by atoms with van der Waals surface area (Å²) in [6, 6.07) is 13.2. The third kappa shape index (κ3) is 3.83. The number of aliphatic hydroxyl groups excluding tert-OH is 2. The maximum Gasteiger partial charge on any atom is 0.141 e. The molecule has 2 atom stereocenters. The Kier molecular flexibility index (Phi) is 6.08. The zero-order valence-corrected chi connectivity index (χ0v) is 17.8. The van der Waals surface area contributed by atoms with Gasteiger partial charge in [-0.15, -0.1) is 0 Å². The number of aliphatic imine (C=N–C) groups is 1. The number of ether oxygens (including phenoxy) is 2. The van der Waals surface area contributed by atoms with Gasteiger partial charge in [0.05, 0.1) is 30.9 Å². The smallest absolute Gasteiger partial charge is 0.141 e. The molecule has 164 valence electrons. The third-order valence-electron chi connectivity index (χ3n) is 5.41. The average molecular weight is 425 g/mol. The minimum atomic E-state index is -0.928. The number of aromatic nitrogens is 2. The van der Waals surface area contributed by atoms with Gasteiger partial charge in [-0.25, -0.2) is 4.98 Å². The van der Waals surface area contributed by atoms with E-state index >= 15 is 0 Å². The topological polar surface area (TPSA) is 106 Å². The molecule has 0 radical (unpaired) electrons. The number of benzene rings is 2. The maximum atomic E-state index is 11.3. The Morgan fingerprint density at radius 1 is 1.13 bits per heavy atom. The molecule has 4 rings (SSSR count). The second kappa shape index (κ2) is 8.93. The first-order valence-corrected chi connectivity index (χ1v) is 10.1. The van der Waals surface area contributed by atoms with Crippen molar-refractivity contribution in [3.05, 3.63) is 48.3 Å². The van der Waals surface area contributed by atoms with Gasteiger partial charge >= 0.3 is 0 Å². The first-order valence-electron chi connectivity index (χ1n) is 10.1. The van der Waals surface area contributed by atoms with Crippen LogP contribution in [0.2, 0.25) is 0 Å². The highest BCUT2D eigenvalue weighted by Crippen LogP contribution is 2.39. The van der Waals surface area contributed by atoms with Gasteiger partial charge in [-0.05, 0) is 18.6 Å². The number of H-pyrrole nitrogens is 1. The number of nitrogens with zero attached hydrogens (tertiary/aromatic N) is 4. The molecule has 2 heterocycles. The van der Waals surface area contributed by atoms with Crippen LogP contribution >= 0.6 is 0 Å². The van der Waals surface area contributed by atoms with Crippen molar-refractivity contribution in [2.45, 2.75) is 18.6 Å². The molecule has 1 fully saturated rings. The number of fused-ring (bicyclic) bond motifs is 1. The number of anilines is 1. The zero-order chi connectivity index (χ0) is 22.0. The molecule has 3 N–H and O–H groups in total. The number of hydrogen-bond donors (Lipinski definition) is 3. The molecule has 1 aliphatic rings. The van der Waals surface area contributed by atoms with Crippen LogP contribution in [0.5, 0.6) is 11.5 Å². The highest BCUT2D eigenvalue weighted by atomic mass is 16.5. The molecular formula is C22H27N5O4. The van der Waals surface area contributed by atoms with Gasteiger partial charge in [0.15, 0.2) is 0 Å². The molecule has 9 heteroatoms. The summed E-state index contributed by atoms with van der Waals surface area (Å²) in [5.74, 6) is 1.98. The van der Waals surface area contributed by atoms with Gasteiger partial charge in [0.2, 0.25) is 0 Å². The van der Waals surface area contributed by atoms with Crippen LogP contribution in [-0.2, 0) is 0 Å². The molecule has 0 aliphatic carbocycles. The number of hydrogen-bond acceptors (Lipinski definition) is 7. The summed E-state index contributed by atoms with van der Waals surface area (Å²) in [5, 5.41) is 24.4. The number of rotatable bonds is 7. The van der Waals surface area contributed by atoms with Gasteiger partial charge < -0.3 is 24.7 Å². The Bertz CT molecular complexity index is 1030. The largest absolute Gasteiger partial charge is 0.497 e. The number of para-hydroxylation sites is 2. The molecule has 1 aliphatic heterocycles. The van der Waals surface area contributed by atoms with Crippen molar-refractivity contribution >= 4 is 22.6 Å². The Hall–Kier alpha value is -3.14. The van der Waals surface area contributed by atoms with Crippen molar-refractivity contribution in [2.24, 2.45) is 4.99 Å². The van der Waals surface area contributed by atoms with Gasteiger partial charge in [-0.3, -0.25) is 10.0 Å². The summed E-state index contributed by atoms with van der Waals surface area (Å²) < 4.78 is 10.9. The van der Waals surface area contributed by atoms with Crippen molar-refractivity contribution in [3.8, 4) is 11.5 Å². The van der Waals surface area contributed by atoms with Gasteiger partial charge in [0.25, 0.3) is 0 Å². The normalized spacial score (nSPS) is 20.7. The molecule has 1 saturated heterocycles. The highest BCUT2D eigenvalue weighted by Gasteiger charge is 2.46. The summed E-state index contributed by atoms with van der Waals surface area (Å²) in [6.07, 6.45) is -0.443. The number of aromatic amines is 1. The maximum absolute atomic E-state index is 11.3. The number of nitrogens with one attached hydrogen (secondary N) is 1. The van der Waals surface area contributed by atoms with Gasteiger partial charge in [0, 0.05) is 38.4 Å². The van der Waals surface area contributed by atoms with Crippen LogP contribution in [-0.4, -0.2) is 71.7 Å². The quantitative estimate of drug-likeness (QED) is 0.532. The average Bonchev–Trinajstić information content (AvgIpc) is 3.35. The lowest BCUT2D eigenvalue weighted by molar-refractivity contribution is 0.0157. The summed E-state index contributed by atoms with van der Waals surface area (Å²) in [6.45, 7) is 0.430. The highest BCUT2D eigenvalue weighted by molar-refractivity contribution is 6.04. The SMILES string of the molecule is CN=C1C(c2nc3ccccc3[nH]2)C(O)N(CCCO)N1c1cc(OC)cc(OC)c1. The molecule has 31 heavy (non-hydrogen) atoms. The first kappa shape index (κ1) is 21.1. The molecule has 3 aromatic rings. The summed E-state index contributed by atoms with van der Waals surface area (Å²) in [7, 11) is 4.87. The van der Waals surface area contributed by atoms with E-state index in [9.17, 15) is 10.2 Å².